The van der Waals surface area contributed by atoms with Gasteiger partial charge in [0.15, 0.2) is 11.6 Å². The highest BCUT2D eigenvalue weighted by molar-refractivity contribution is 5.95. The summed E-state index contributed by atoms with van der Waals surface area (Å²) in [6.07, 6.45) is 0.659. The highest BCUT2D eigenvalue weighted by atomic mass is 35.5. The summed E-state index contributed by atoms with van der Waals surface area (Å²) in [7, 11) is 0. The van der Waals surface area contributed by atoms with Crippen molar-refractivity contribution in [1.29, 1.82) is 0 Å². The maximum absolute atomic E-state index is 13.5. The molecule has 1 rings (SSSR count). The van der Waals surface area contributed by atoms with Crippen LogP contribution in [-0.2, 0) is 0 Å². The summed E-state index contributed by atoms with van der Waals surface area (Å²) >= 11 is 0. The highest BCUT2D eigenvalue weighted by Crippen LogP contribution is 2.17. The number of benzene rings is 1. The monoisotopic (exact) mass is 306 g/mol. The van der Waals surface area contributed by atoms with Gasteiger partial charge in [-0.15, -0.1) is 12.4 Å². The maximum atomic E-state index is 13.5. The molecule has 1 atom stereocenters. The Hall–Kier alpha value is -1.20. The molecule has 0 spiro atoms. The topological polar surface area (TPSA) is 55.1 Å². The van der Waals surface area contributed by atoms with Crippen LogP contribution >= 0.6 is 12.4 Å². The van der Waals surface area contributed by atoms with Crippen molar-refractivity contribution in [3.8, 4) is 0 Å². The lowest BCUT2D eigenvalue weighted by molar-refractivity contribution is 0.0893. The lowest BCUT2D eigenvalue weighted by atomic mass is 9.90. The molecule has 0 aliphatic heterocycles. The Morgan fingerprint density at radius 2 is 2.00 bits per heavy atom. The van der Waals surface area contributed by atoms with Crippen LogP contribution in [0.4, 0.5) is 8.78 Å². The molecular weight excluding hydrogens is 286 g/mol. The number of nitrogens with one attached hydrogen (secondary N) is 1. The van der Waals surface area contributed by atoms with E-state index in [0.29, 0.717) is 12.3 Å². The van der Waals surface area contributed by atoms with E-state index in [9.17, 15) is 13.6 Å². The number of halogens is 3. The second kappa shape index (κ2) is 7.55. The van der Waals surface area contributed by atoms with E-state index >= 15 is 0 Å². The molecule has 0 aliphatic rings. The summed E-state index contributed by atoms with van der Waals surface area (Å²) in [6, 6.07) is 3.53. The van der Waals surface area contributed by atoms with Gasteiger partial charge in [-0.3, -0.25) is 4.79 Å². The molecule has 3 nitrogen and oxygen atoms in total. The van der Waals surface area contributed by atoms with Crippen LogP contribution < -0.4 is 11.1 Å². The van der Waals surface area contributed by atoms with E-state index < -0.39 is 23.1 Å². The zero-order valence-electron chi connectivity index (χ0n) is 11.9. The number of hydrogen-bond donors (Lipinski definition) is 2. The van der Waals surface area contributed by atoms with Crippen molar-refractivity contribution in [2.24, 2.45) is 11.7 Å². The van der Waals surface area contributed by atoms with E-state index in [2.05, 4.69) is 5.32 Å². The lowest BCUT2D eigenvalue weighted by Crippen LogP contribution is -2.52. The number of carbonyl (C=O) groups is 1. The summed E-state index contributed by atoms with van der Waals surface area (Å²) in [6.45, 7) is 6.03. The molecule has 0 heterocycles. The van der Waals surface area contributed by atoms with Crippen molar-refractivity contribution >= 4 is 18.3 Å². The minimum Gasteiger partial charge on any atom is -0.346 e. The molecule has 114 valence electrons. The van der Waals surface area contributed by atoms with Crippen LogP contribution in [0.3, 0.4) is 0 Å². The largest absolute Gasteiger partial charge is 0.346 e. The van der Waals surface area contributed by atoms with Crippen molar-refractivity contribution < 1.29 is 13.6 Å². The van der Waals surface area contributed by atoms with Gasteiger partial charge < -0.3 is 11.1 Å². The first kappa shape index (κ1) is 18.8. The molecule has 1 aromatic carbocycles. The Bertz CT molecular complexity index is 468. The average molecular weight is 307 g/mol. The van der Waals surface area contributed by atoms with E-state index in [1.54, 1.807) is 6.92 Å². The van der Waals surface area contributed by atoms with Gasteiger partial charge in [-0.05, 0) is 31.4 Å². The molecule has 0 aromatic heterocycles. The Balaban J connectivity index is 0.00000361. The molecule has 6 heteroatoms. The van der Waals surface area contributed by atoms with E-state index in [0.717, 1.165) is 6.07 Å². The van der Waals surface area contributed by atoms with Crippen molar-refractivity contribution in [3.63, 3.8) is 0 Å². The zero-order chi connectivity index (χ0) is 14.6. The Morgan fingerprint density at radius 3 is 2.50 bits per heavy atom. The van der Waals surface area contributed by atoms with Crippen LogP contribution in [0.1, 0.15) is 37.6 Å². The van der Waals surface area contributed by atoms with Crippen LogP contribution in [0.5, 0.6) is 0 Å². The molecule has 0 fully saturated rings. The predicted octanol–water partition coefficient (Wildman–Crippen LogP) is 2.88. The molecule has 0 radical (unpaired) electrons. The fourth-order valence-electron chi connectivity index (χ4n) is 2.11. The number of nitrogens with two attached hydrogens (primary N) is 1. The van der Waals surface area contributed by atoms with E-state index in [-0.39, 0.29) is 24.5 Å². The molecule has 0 bridgehead atoms. The van der Waals surface area contributed by atoms with Crippen LogP contribution in [0.2, 0.25) is 0 Å². The molecule has 0 saturated heterocycles. The number of carbonyl (C=O) groups excluding carboxylic acids is 1. The zero-order valence-corrected chi connectivity index (χ0v) is 12.7. The normalized spacial score (nSPS) is 13.6. The van der Waals surface area contributed by atoms with Gasteiger partial charge in [0.25, 0.3) is 5.91 Å². The Morgan fingerprint density at radius 1 is 1.40 bits per heavy atom. The molecule has 20 heavy (non-hydrogen) atoms. The summed E-state index contributed by atoms with van der Waals surface area (Å²) in [5.41, 5.74) is 4.73. The second-order valence-electron chi connectivity index (χ2n) is 5.42. The molecular formula is C14H21ClF2N2O. The highest BCUT2D eigenvalue weighted by Gasteiger charge is 2.27. The van der Waals surface area contributed by atoms with Crippen molar-refractivity contribution in [1.82, 2.24) is 5.32 Å². The first-order valence-electron chi connectivity index (χ1n) is 6.25. The van der Waals surface area contributed by atoms with E-state index in [4.69, 9.17) is 5.73 Å². The molecule has 0 saturated carbocycles. The Kier molecular flexibility index (Phi) is 7.09. The summed E-state index contributed by atoms with van der Waals surface area (Å²) < 4.78 is 26.6. The number of hydrogen-bond acceptors (Lipinski definition) is 2. The van der Waals surface area contributed by atoms with Gasteiger partial charge in [-0.25, -0.2) is 8.78 Å². The third-order valence-electron chi connectivity index (χ3n) is 2.92. The quantitative estimate of drug-likeness (QED) is 0.879. The second-order valence-corrected chi connectivity index (χ2v) is 5.42. The third kappa shape index (κ3) is 4.72. The average Bonchev–Trinajstić information content (AvgIpc) is 2.31. The van der Waals surface area contributed by atoms with Gasteiger partial charge in [0.05, 0.1) is 5.56 Å². The predicted molar refractivity (Wildman–Crippen MR) is 78.0 cm³/mol. The fraction of sp³-hybridized carbons (Fsp3) is 0.500. The van der Waals surface area contributed by atoms with Gasteiger partial charge in [-0.2, -0.15) is 0 Å². The smallest absolute Gasteiger partial charge is 0.254 e. The summed E-state index contributed by atoms with van der Waals surface area (Å²) in [5.74, 6) is -2.49. The Labute approximate surface area is 124 Å². The summed E-state index contributed by atoms with van der Waals surface area (Å²) in [5, 5.41) is 2.69. The molecule has 1 unspecified atom stereocenters. The minimum absolute atomic E-state index is 0. The molecule has 3 N–H and O–H groups in total. The van der Waals surface area contributed by atoms with Crippen molar-refractivity contribution in [2.45, 2.75) is 32.7 Å². The number of amides is 1. The van der Waals surface area contributed by atoms with Gasteiger partial charge in [0, 0.05) is 12.1 Å². The van der Waals surface area contributed by atoms with E-state index in [1.165, 1.54) is 12.1 Å². The van der Waals surface area contributed by atoms with Crippen LogP contribution in [-0.4, -0.2) is 18.0 Å². The minimum atomic E-state index is -1.14. The lowest BCUT2D eigenvalue weighted by Gasteiger charge is -2.31. The third-order valence-corrected chi connectivity index (χ3v) is 2.92. The van der Waals surface area contributed by atoms with Gasteiger partial charge in [-0.1, -0.05) is 19.9 Å². The van der Waals surface area contributed by atoms with Gasteiger partial charge in [0.2, 0.25) is 0 Å². The fourth-order valence-corrected chi connectivity index (χ4v) is 2.11. The van der Waals surface area contributed by atoms with Crippen molar-refractivity contribution in [3.05, 3.63) is 35.4 Å². The molecule has 1 amide bonds. The van der Waals surface area contributed by atoms with Crippen molar-refractivity contribution in [2.75, 3.05) is 6.54 Å². The summed E-state index contributed by atoms with van der Waals surface area (Å²) in [4.78, 5) is 12.0. The van der Waals surface area contributed by atoms with Crippen LogP contribution in [0.15, 0.2) is 18.2 Å². The first-order chi connectivity index (χ1) is 8.79. The molecule has 0 aliphatic carbocycles. The molecule has 1 aromatic rings. The first-order valence-corrected chi connectivity index (χ1v) is 6.25. The van der Waals surface area contributed by atoms with Gasteiger partial charge >= 0.3 is 0 Å². The van der Waals surface area contributed by atoms with Gasteiger partial charge in [0.1, 0.15) is 0 Å². The SMILES string of the molecule is CC(C)CC(C)(CN)NC(=O)c1cccc(F)c1F.Cl. The van der Waals surface area contributed by atoms with Crippen LogP contribution in [0, 0.1) is 17.6 Å². The maximum Gasteiger partial charge on any atom is 0.254 e. The van der Waals surface area contributed by atoms with E-state index in [1.807, 2.05) is 13.8 Å². The standard InChI is InChI=1S/C14H20F2N2O.ClH/c1-9(2)7-14(3,8-17)18-13(19)10-5-4-6-11(15)12(10)16;/h4-6,9H,7-8,17H2,1-3H3,(H,18,19);1H. The van der Waals surface area contributed by atoms with Crippen LogP contribution in [0.25, 0.3) is 0 Å². The number of rotatable bonds is 5.